The highest BCUT2D eigenvalue weighted by atomic mass is 19.1. The molecule has 0 unspecified atom stereocenters. The minimum absolute atomic E-state index is 0.0392. The number of benzene rings is 1. The van der Waals surface area contributed by atoms with Crippen molar-refractivity contribution < 1.29 is 4.39 Å². The molecule has 1 aromatic carbocycles. The van der Waals surface area contributed by atoms with Crippen LogP contribution in [0.3, 0.4) is 0 Å². The Labute approximate surface area is 153 Å². The van der Waals surface area contributed by atoms with E-state index in [2.05, 4.69) is 9.97 Å². The number of hydrogen-bond donors (Lipinski definition) is 0. The summed E-state index contributed by atoms with van der Waals surface area (Å²) in [5, 5.41) is 0. The zero-order valence-corrected chi connectivity index (χ0v) is 14.2. The van der Waals surface area contributed by atoms with Crippen LogP contribution in [-0.4, -0.2) is 19.1 Å². The molecule has 134 valence electrons. The lowest BCUT2D eigenvalue weighted by atomic mass is 10.2. The molecule has 7 heteroatoms. The molecule has 0 amide bonds. The van der Waals surface area contributed by atoms with Crippen molar-refractivity contribution >= 4 is 11.0 Å². The van der Waals surface area contributed by atoms with E-state index in [9.17, 15) is 14.0 Å². The van der Waals surface area contributed by atoms with Gasteiger partial charge in [-0.25, -0.2) is 14.2 Å². The van der Waals surface area contributed by atoms with Crippen LogP contribution in [0.15, 0.2) is 76.7 Å². The van der Waals surface area contributed by atoms with Crippen LogP contribution in [0.25, 0.3) is 11.0 Å². The van der Waals surface area contributed by atoms with Gasteiger partial charge in [-0.2, -0.15) is 0 Å². The van der Waals surface area contributed by atoms with Gasteiger partial charge in [-0.15, -0.1) is 0 Å². The fourth-order valence-corrected chi connectivity index (χ4v) is 2.98. The van der Waals surface area contributed by atoms with E-state index in [0.29, 0.717) is 11.1 Å². The fraction of sp³-hybridized carbons (Fsp3) is 0.100. The zero-order valence-electron chi connectivity index (χ0n) is 14.2. The van der Waals surface area contributed by atoms with Crippen molar-refractivity contribution in [3.8, 4) is 0 Å². The van der Waals surface area contributed by atoms with Crippen molar-refractivity contribution in [1.29, 1.82) is 0 Å². The smallest absolute Gasteiger partial charge is 0.287 e. The van der Waals surface area contributed by atoms with E-state index in [0.717, 1.165) is 10.1 Å². The maximum atomic E-state index is 13.1. The average Bonchev–Trinajstić information content (AvgIpc) is 2.71. The molecule has 3 heterocycles. The highest BCUT2D eigenvalue weighted by molar-refractivity contribution is 5.73. The lowest BCUT2D eigenvalue weighted by Crippen LogP contribution is -2.40. The van der Waals surface area contributed by atoms with Crippen LogP contribution in [0.2, 0.25) is 0 Å². The first-order valence-electron chi connectivity index (χ1n) is 8.35. The zero-order chi connectivity index (χ0) is 18.8. The number of pyridine rings is 2. The first-order valence-corrected chi connectivity index (χ1v) is 8.35. The van der Waals surface area contributed by atoms with Crippen LogP contribution in [0.1, 0.15) is 11.1 Å². The van der Waals surface area contributed by atoms with Gasteiger partial charge in [0.2, 0.25) is 0 Å². The molecule has 0 fully saturated rings. The lowest BCUT2D eigenvalue weighted by Gasteiger charge is -2.13. The second kappa shape index (κ2) is 6.95. The molecule has 4 rings (SSSR count). The van der Waals surface area contributed by atoms with E-state index < -0.39 is 11.2 Å². The Kier molecular flexibility index (Phi) is 4.33. The maximum absolute atomic E-state index is 13.1. The third-order valence-corrected chi connectivity index (χ3v) is 4.30. The first kappa shape index (κ1) is 16.8. The Morgan fingerprint density at radius 1 is 0.852 bits per heavy atom. The van der Waals surface area contributed by atoms with Crippen LogP contribution in [0, 0.1) is 5.82 Å². The van der Waals surface area contributed by atoms with Crippen LogP contribution >= 0.6 is 0 Å². The van der Waals surface area contributed by atoms with Gasteiger partial charge in [0.25, 0.3) is 5.56 Å². The van der Waals surface area contributed by atoms with Crippen molar-refractivity contribution in [2.75, 3.05) is 0 Å². The van der Waals surface area contributed by atoms with Crippen molar-refractivity contribution in [2.45, 2.75) is 13.1 Å². The van der Waals surface area contributed by atoms with Gasteiger partial charge in [0.15, 0.2) is 5.52 Å². The average molecular weight is 362 g/mol. The molecule has 0 radical (unpaired) electrons. The van der Waals surface area contributed by atoms with Crippen molar-refractivity contribution in [2.24, 2.45) is 0 Å². The van der Waals surface area contributed by atoms with Gasteiger partial charge in [-0.1, -0.05) is 18.2 Å². The van der Waals surface area contributed by atoms with Gasteiger partial charge in [0.05, 0.1) is 18.6 Å². The van der Waals surface area contributed by atoms with E-state index in [1.54, 1.807) is 42.7 Å². The Morgan fingerprint density at radius 2 is 1.59 bits per heavy atom. The molecule has 0 saturated heterocycles. The summed E-state index contributed by atoms with van der Waals surface area (Å²) in [5.74, 6) is -0.375. The molecule has 0 aliphatic rings. The Morgan fingerprint density at radius 3 is 2.33 bits per heavy atom. The molecule has 0 bridgehead atoms. The molecule has 3 aromatic heterocycles. The second-order valence-corrected chi connectivity index (χ2v) is 6.12. The van der Waals surface area contributed by atoms with Crippen LogP contribution in [0.4, 0.5) is 4.39 Å². The molecule has 4 aromatic rings. The summed E-state index contributed by atoms with van der Waals surface area (Å²) in [7, 11) is 0. The normalized spacial score (nSPS) is 11.0. The van der Waals surface area contributed by atoms with E-state index in [-0.39, 0.29) is 24.4 Å². The first-order chi connectivity index (χ1) is 13.1. The Hall–Kier alpha value is -3.61. The number of nitrogens with zero attached hydrogens (tertiary/aromatic N) is 4. The third-order valence-electron chi connectivity index (χ3n) is 4.30. The summed E-state index contributed by atoms with van der Waals surface area (Å²) in [5.41, 5.74) is 1.24. The molecule has 0 atom stereocenters. The highest BCUT2D eigenvalue weighted by Gasteiger charge is 2.14. The monoisotopic (exact) mass is 362 g/mol. The van der Waals surface area contributed by atoms with Crippen molar-refractivity contribution in [3.63, 3.8) is 0 Å². The van der Waals surface area contributed by atoms with Crippen molar-refractivity contribution in [1.82, 2.24) is 19.1 Å². The lowest BCUT2D eigenvalue weighted by molar-refractivity contribution is 0.619. The molecular weight excluding hydrogens is 347 g/mol. The summed E-state index contributed by atoms with van der Waals surface area (Å²) in [4.78, 5) is 34.2. The van der Waals surface area contributed by atoms with Gasteiger partial charge in [-0.05, 0) is 41.5 Å². The Balaban J connectivity index is 1.90. The summed E-state index contributed by atoms with van der Waals surface area (Å²) >= 11 is 0. The van der Waals surface area contributed by atoms with Crippen LogP contribution in [0.5, 0.6) is 0 Å². The SMILES string of the molecule is O=c1c2ncccc2n(Cc2cccnc2)c(=O)n1Cc1ccc(F)cc1. The van der Waals surface area contributed by atoms with E-state index in [1.807, 2.05) is 6.07 Å². The second-order valence-electron chi connectivity index (χ2n) is 6.12. The van der Waals surface area contributed by atoms with Crippen LogP contribution < -0.4 is 11.2 Å². The van der Waals surface area contributed by atoms with E-state index in [1.165, 1.54) is 22.9 Å². The Bertz CT molecular complexity index is 1210. The predicted octanol–water partition coefficient (Wildman–Crippen LogP) is 2.19. The topological polar surface area (TPSA) is 69.8 Å². The summed E-state index contributed by atoms with van der Waals surface area (Å²) in [6, 6.07) is 12.7. The predicted molar refractivity (Wildman–Crippen MR) is 99.1 cm³/mol. The largest absolute Gasteiger partial charge is 0.332 e. The number of rotatable bonds is 4. The molecule has 0 saturated carbocycles. The molecule has 0 aliphatic carbocycles. The van der Waals surface area contributed by atoms with E-state index in [4.69, 9.17) is 0 Å². The summed E-state index contributed by atoms with van der Waals surface area (Å²) < 4.78 is 15.8. The molecule has 0 aliphatic heterocycles. The highest BCUT2D eigenvalue weighted by Crippen LogP contribution is 2.09. The number of aromatic nitrogens is 4. The molecular formula is C20H15FN4O2. The van der Waals surface area contributed by atoms with Gasteiger partial charge in [0, 0.05) is 18.6 Å². The van der Waals surface area contributed by atoms with Gasteiger partial charge in [0.1, 0.15) is 5.82 Å². The minimum Gasteiger partial charge on any atom is -0.287 e. The van der Waals surface area contributed by atoms with Gasteiger partial charge >= 0.3 is 5.69 Å². The number of fused-ring (bicyclic) bond motifs is 1. The molecule has 0 spiro atoms. The summed E-state index contributed by atoms with van der Waals surface area (Å²) in [6.45, 7) is 0.302. The van der Waals surface area contributed by atoms with Crippen LogP contribution in [-0.2, 0) is 13.1 Å². The molecule has 0 N–H and O–H groups in total. The third kappa shape index (κ3) is 3.27. The summed E-state index contributed by atoms with van der Waals surface area (Å²) in [6.07, 6.45) is 4.84. The maximum Gasteiger partial charge on any atom is 0.332 e. The minimum atomic E-state index is -0.470. The fourth-order valence-electron chi connectivity index (χ4n) is 2.98. The van der Waals surface area contributed by atoms with E-state index >= 15 is 0 Å². The quantitative estimate of drug-likeness (QED) is 0.558. The molecule has 6 nitrogen and oxygen atoms in total. The van der Waals surface area contributed by atoms with Gasteiger partial charge in [-0.3, -0.25) is 18.9 Å². The van der Waals surface area contributed by atoms with Gasteiger partial charge < -0.3 is 0 Å². The standard InChI is InChI=1S/C20H15FN4O2/c21-16-7-5-14(6-8-16)12-25-19(26)18-17(4-2-10-23-18)24(20(25)27)13-15-3-1-9-22-11-15/h1-11H,12-13H2. The number of hydrogen-bond acceptors (Lipinski definition) is 4. The van der Waals surface area contributed by atoms with Crippen molar-refractivity contribution in [3.05, 3.63) is 105 Å². The molecule has 27 heavy (non-hydrogen) atoms. The number of halogens is 1.